The van der Waals surface area contributed by atoms with Crippen molar-refractivity contribution in [3.05, 3.63) is 6.20 Å². The fraction of sp³-hybridized carbons (Fsp3) is 0.600. The first-order valence-electron chi connectivity index (χ1n) is 6.00. The highest BCUT2D eigenvalue weighted by molar-refractivity contribution is 7.89. The number of nitrogens with zero attached hydrogens (tertiary/aromatic N) is 2. The third-order valence-electron chi connectivity index (χ3n) is 3.22. The Labute approximate surface area is 111 Å². The first-order valence-corrected chi connectivity index (χ1v) is 7.44. The molecule has 4 N–H and O–H groups in total. The van der Waals surface area contributed by atoms with Crippen LogP contribution in [0.3, 0.4) is 0 Å². The van der Waals surface area contributed by atoms with Crippen LogP contribution < -0.4 is 11.1 Å². The van der Waals surface area contributed by atoms with Gasteiger partial charge in [0.15, 0.2) is 0 Å². The lowest BCUT2D eigenvalue weighted by atomic mass is 10.0. The zero-order valence-corrected chi connectivity index (χ0v) is 11.4. The molecular formula is C10H17N5O3S. The maximum atomic E-state index is 12.5. The molecule has 1 aliphatic rings. The van der Waals surface area contributed by atoms with E-state index >= 15 is 0 Å². The van der Waals surface area contributed by atoms with Crippen LogP contribution in [0, 0.1) is 0 Å². The second-order valence-corrected chi connectivity index (χ2v) is 6.25. The third kappa shape index (κ3) is 2.43. The lowest BCUT2D eigenvalue weighted by Gasteiger charge is -2.33. The minimum Gasteiger partial charge on any atom is -0.383 e. The molecule has 9 heteroatoms. The molecule has 1 saturated heterocycles. The summed E-state index contributed by atoms with van der Waals surface area (Å²) in [5.41, 5.74) is 5.56. The van der Waals surface area contributed by atoms with Gasteiger partial charge in [0.1, 0.15) is 16.8 Å². The van der Waals surface area contributed by atoms with Gasteiger partial charge in [-0.15, -0.1) is 0 Å². The molecule has 1 amide bonds. The highest BCUT2D eigenvalue weighted by Crippen LogP contribution is 2.27. The number of carbonyl (C=O) groups is 1. The standard InChI is InChI=1S/C10H17N5O3S/c1-12-10(16)7-4-2-3-5-15(7)19(17,18)8-6-13-14-9(8)11/h6-7H,2-5H2,1H3,(H,12,16)(H3,11,13,14). The predicted octanol–water partition coefficient (Wildman–Crippen LogP) is -0.719. The second-order valence-electron chi connectivity index (χ2n) is 4.39. The highest BCUT2D eigenvalue weighted by Gasteiger charge is 2.38. The number of aromatic nitrogens is 2. The number of hydrogen-bond donors (Lipinski definition) is 3. The SMILES string of the molecule is CNC(=O)C1CCCCN1S(=O)(=O)c1cn[nH]c1N. The Bertz CT molecular complexity index is 567. The Morgan fingerprint density at radius 3 is 2.89 bits per heavy atom. The number of amides is 1. The summed E-state index contributed by atoms with van der Waals surface area (Å²) in [5, 5.41) is 8.51. The molecule has 2 heterocycles. The summed E-state index contributed by atoms with van der Waals surface area (Å²) in [6.07, 6.45) is 3.23. The first kappa shape index (κ1) is 13.8. The lowest BCUT2D eigenvalue weighted by Crippen LogP contribution is -2.51. The summed E-state index contributed by atoms with van der Waals surface area (Å²) in [4.78, 5) is 11.7. The Morgan fingerprint density at radius 1 is 1.58 bits per heavy atom. The minimum atomic E-state index is -3.80. The minimum absolute atomic E-state index is 0.0127. The number of nitrogens with two attached hydrogens (primary N) is 1. The van der Waals surface area contributed by atoms with Crippen LogP contribution in [0.15, 0.2) is 11.1 Å². The molecular weight excluding hydrogens is 270 g/mol. The Hall–Kier alpha value is -1.61. The van der Waals surface area contributed by atoms with E-state index in [-0.39, 0.29) is 16.6 Å². The van der Waals surface area contributed by atoms with Crippen molar-refractivity contribution < 1.29 is 13.2 Å². The van der Waals surface area contributed by atoms with Gasteiger partial charge in [0.05, 0.1) is 6.20 Å². The summed E-state index contributed by atoms with van der Waals surface area (Å²) in [6.45, 7) is 0.311. The number of piperidine rings is 1. The average Bonchev–Trinajstić information content (AvgIpc) is 2.85. The molecule has 0 saturated carbocycles. The Balaban J connectivity index is 2.37. The van der Waals surface area contributed by atoms with Crippen molar-refractivity contribution in [2.75, 3.05) is 19.3 Å². The monoisotopic (exact) mass is 287 g/mol. The number of sulfonamides is 1. The predicted molar refractivity (Wildman–Crippen MR) is 68.6 cm³/mol. The fourth-order valence-corrected chi connectivity index (χ4v) is 3.91. The van der Waals surface area contributed by atoms with Crippen LogP contribution in [0.2, 0.25) is 0 Å². The van der Waals surface area contributed by atoms with Crippen molar-refractivity contribution in [1.29, 1.82) is 0 Å². The largest absolute Gasteiger partial charge is 0.383 e. The van der Waals surface area contributed by atoms with Crippen LogP contribution in [-0.4, -0.2) is 48.5 Å². The van der Waals surface area contributed by atoms with E-state index in [1.807, 2.05) is 0 Å². The number of nitrogens with one attached hydrogen (secondary N) is 2. The van der Waals surface area contributed by atoms with Gasteiger partial charge in [0.25, 0.3) is 0 Å². The summed E-state index contributed by atoms with van der Waals surface area (Å²) < 4.78 is 26.2. The van der Waals surface area contributed by atoms with E-state index in [1.54, 1.807) is 0 Å². The second kappa shape index (κ2) is 5.17. The van der Waals surface area contributed by atoms with Gasteiger partial charge in [-0.3, -0.25) is 9.89 Å². The highest BCUT2D eigenvalue weighted by atomic mass is 32.2. The topological polar surface area (TPSA) is 121 Å². The van der Waals surface area contributed by atoms with E-state index in [0.29, 0.717) is 13.0 Å². The molecule has 1 fully saturated rings. The summed E-state index contributed by atoms with van der Waals surface area (Å²) in [7, 11) is -2.31. The van der Waals surface area contributed by atoms with Crippen molar-refractivity contribution in [1.82, 2.24) is 19.8 Å². The van der Waals surface area contributed by atoms with Crippen molar-refractivity contribution in [3.8, 4) is 0 Å². The van der Waals surface area contributed by atoms with E-state index in [4.69, 9.17) is 5.73 Å². The van der Waals surface area contributed by atoms with E-state index in [9.17, 15) is 13.2 Å². The molecule has 1 aliphatic heterocycles. The molecule has 1 atom stereocenters. The molecule has 0 aromatic carbocycles. The van der Waals surface area contributed by atoms with E-state index in [2.05, 4.69) is 15.5 Å². The van der Waals surface area contributed by atoms with Crippen LogP contribution in [0.25, 0.3) is 0 Å². The quantitative estimate of drug-likeness (QED) is 0.677. The number of aromatic amines is 1. The lowest BCUT2D eigenvalue weighted by molar-refractivity contribution is -0.125. The van der Waals surface area contributed by atoms with Crippen LogP contribution >= 0.6 is 0 Å². The van der Waals surface area contributed by atoms with Crippen LogP contribution in [-0.2, 0) is 14.8 Å². The molecule has 0 radical (unpaired) electrons. The average molecular weight is 287 g/mol. The third-order valence-corrected chi connectivity index (χ3v) is 5.16. The van der Waals surface area contributed by atoms with Crippen molar-refractivity contribution in [2.24, 2.45) is 0 Å². The summed E-state index contributed by atoms with van der Waals surface area (Å²) in [6, 6.07) is -0.682. The van der Waals surface area contributed by atoms with Gasteiger partial charge in [-0.2, -0.15) is 9.40 Å². The number of anilines is 1. The molecule has 1 aromatic heterocycles. The van der Waals surface area contributed by atoms with E-state index < -0.39 is 16.1 Å². The fourth-order valence-electron chi connectivity index (χ4n) is 2.24. The van der Waals surface area contributed by atoms with Crippen molar-refractivity contribution >= 4 is 21.7 Å². The van der Waals surface area contributed by atoms with Gasteiger partial charge in [-0.1, -0.05) is 6.42 Å². The maximum absolute atomic E-state index is 12.5. The smallest absolute Gasteiger partial charge is 0.249 e. The van der Waals surface area contributed by atoms with Gasteiger partial charge in [-0.25, -0.2) is 8.42 Å². The number of hydrogen-bond acceptors (Lipinski definition) is 5. The van der Waals surface area contributed by atoms with E-state index in [1.165, 1.54) is 17.5 Å². The molecule has 1 aromatic rings. The van der Waals surface area contributed by atoms with Gasteiger partial charge in [0, 0.05) is 13.6 Å². The summed E-state index contributed by atoms with van der Waals surface area (Å²) >= 11 is 0. The Kier molecular flexibility index (Phi) is 3.76. The maximum Gasteiger partial charge on any atom is 0.249 e. The van der Waals surface area contributed by atoms with Gasteiger partial charge in [0.2, 0.25) is 15.9 Å². The van der Waals surface area contributed by atoms with Gasteiger partial charge < -0.3 is 11.1 Å². The Morgan fingerprint density at radius 2 is 2.32 bits per heavy atom. The van der Waals surface area contributed by atoms with Crippen molar-refractivity contribution in [3.63, 3.8) is 0 Å². The van der Waals surface area contributed by atoms with Crippen LogP contribution in [0.5, 0.6) is 0 Å². The normalized spacial score (nSPS) is 21.2. The molecule has 0 spiro atoms. The number of likely N-dealkylation sites (N-methyl/N-ethyl adjacent to an activating group) is 1. The zero-order chi connectivity index (χ0) is 14.0. The molecule has 106 valence electrons. The van der Waals surface area contributed by atoms with Gasteiger partial charge >= 0.3 is 0 Å². The molecule has 0 aliphatic carbocycles. The summed E-state index contributed by atoms with van der Waals surface area (Å²) in [5.74, 6) is -0.313. The van der Waals surface area contributed by atoms with Crippen LogP contribution in [0.1, 0.15) is 19.3 Å². The zero-order valence-electron chi connectivity index (χ0n) is 10.6. The molecule has 8 nitrogen and oxygen atoms in total. The van der Waals surface area contributed by atoms with Gasteiger partial charge in [-0.05, 0) is 12.8 Å². The number of nitrogen functional groups attached to an aromatic ring is 1. The number of H-pyrrole nitrogens is 1. The van der Waals surface area contributed by atoms with Crippen LogP contribution in [0.4, 0.5) is 5.82 Å². The molecule has 19 heavy (non-hydrogen) atoms. The molecule has 2 rings (SSSR count). The molecule has 1 unspecified atom stereocenters. The van der Waals surface area contributed by atoms with Crippen molar-refractivity contribution in [2.45, 2.75) is 30.2 Å². The first-order chi connectivity index (χ1) is 8.98. The molecule has 0 bridgehead atoms. The number of rotatable bonds is 3. The van der Waals surface area contributed by atoms with E-state index in [0.717, 1.165) is 12.8 Å². The number of carbonyl (C=O) groups excluding carboxylic acids is 1.